The van der Waals surface area contributed by atoms with Crippen LogP contribution in [0.25, 0.3) is 5.69 Å². The van der Waals surface area contributed by atoms with Crippen LogP contribution in [0, 0.1) is 6.92 Å². The highest BCUT2D eigenvalue weighted by Crippen LogP contribution is 2.46. The second-order valence-corrected chi connectivity index (χ2v) is 8.17. The number of fused-ring (bicyclic) bond motifs is 3. The third-order valence-electron chi connectivity index (χ3n) is 5.89. The van der Waals surface area contributed by atoms with Crippen molar-refractivity contribution in [3.8, 4) is 11.4 Å². The zero-order valence-electron chi connectivity index (χ0n) is 19.8. The number of benzene rings is 2. The van der Waals surface area contributed by atoms with E-state index in [9.17, 15) is 31.1 Å². The summed E-state index contributed by atoms with van der Waals surface area (Å²) in [7, 11) is 1.40. The molecular formula is C24H21F6N3O4. The maximum absolute atomic E-state index is 13.9. The Morgan fingerprint density at radius 2 is 1.78 bits per heavy atom. The van der Waals surface area contributed by atoms with Crippen molar-refractivity contribution in [1.82, 2.24) is 14.8 Å². The van der Waals surface area contributed by atoms with Gasteiger partial charge in [-0.2, -0.15) is 26.3 Å². The van der Waals surface area contributed by atoms with E-state index in [1.165, 1.54) is 7.11 Å². The average molecular weight is 529 g/mol. The topological polar surface area (TPSA) is 75.5 Å². The van der Waals surface area contributed by atoms with Crippen molar-refractivity contribution >= 4 is 5.97 Å². The first-order valence-corrected chi connectivity index (χ1v) is 11.0. The van der Waals surface area contributed by atoms with E-state index in [-0.39, 0.29) is 17.9 Å². The molecule has 0 amide bonds. The number of hydrogen-bond donors (Lipinski definition) is 0. The lowest BCUT2D eigenvalue weighted by Gasteiger charge is -2.25. The summed E-state index contributed by atoms with van der Waals surface area (Å²) in [6.07, 6.45) is -13.1. The van der Waals surface area contributed by atoms with Crippen LogP contribution < -0.4 is 4.74 Å². The Hall–Kier alpha value is -3.61. The van der Waals surface area contributed by atoms with Crippen molar-refractivity contribution in [3.05, 3.63) is 70.3 Å². The summed E-state index contributed by atoms with van der Waals surface area (Å²) in [5.41, 5.74) is -0.751. The van der Waals surface area contributed by atoms with E-state index in [2.05, 4.69) is 10.2 Å². The fourth-order valence-corrected chi connectivity index (χ4v) is 4.26. The van der Waals surface area contributed by atoms with E-state index in [0.717, 1.165) is 12.1 Å². The van der Waals surface area contributed by atoms with Gasteiger partial charge < -0.3 is 14.2 Å². The molecule has 0 bridgehead atoms. The Labute approximate surface area is 207 Å². The molecule has 13 heteroatoms. The molecule has 0 spiro atoms. The second-order valence-electron chi connectivity index (χ2n) is 8.17. The van der Waals surface area contributed by atoms with Gasteiger partial charge in [0.05, 0.1) is 31.4 Å². The highest BCUT2D eigenvalue weighted by molar-refractivity contribution is 5.70. The zero-order chi connectivity index (χ0) is 27.1. The highest BCUT2D eigenvalue weighted by atomic mass is 19.4. The monoisotopic (exact) mass is 529 g/mol. The van der Waals surface area contributed by atoms with Gasteiger partial charge in [0.1, 0.15) is 18.0 Å². The molecule has 0 fully saturated rings. The minimum atomic E-state index is -5.01. The van der Waals surface area contributed by atoms with E-state index in [1.54, 1.807) is 32.0 Å². The predicted molar refractivity (Wildman–Crippen MR) is 116 cm³/mol. The molecule has 1 aliphatic heterocycles. The number of alkyl halides is 6. The molecule has 2 heterocycles. The first-order valence-electron chi connectivity index (χ1n) is 11.0. The van der Waals surface area contributed by atoms with Crippen molar-refractivity contribution in [1.29, 1.82) is 0 Å². The van der Waals surface area contributed by atoms with Crippen molar-refractivity contribution in [2.24, 2.45) is 0 Å². The lowest BCUT2D eigenvalue weighted by molar-refractivity contribution is -0.147. The number of carbonyl (C=O) groups excluding carboxylic acids is 1. The van der Waals surface area contributed by atoms with E-state index >= 15 is 0 Å². The van der Waals surface area contributed by atoms with Crippen LogP contribution in [0.2, 0.25) is 0 Å². The van der Waals surface area contributed by atoms with Gasteiger partial charge in [0, 0.05) is 5.56 Å². The largest absolute Gasteiger partial charge is 0.496 e. The lowest BCUT2D eigenvalue weighted by Crippen LogP contribution is -2.18. The summed E-state index contributed by atoms with van der Waals surface area (Å²) in [6.45, 7) is 3.18. The van der Waals surface area contributed by atoms with Gasteiger partial charge in [-0.3, -0.25) is 9.36 Å². The first-order chi connectivity index (χ1) is 17.4. The average Bonchev–Trinajstić information content (AvgIpc) is 3.22. The van der Waals surface area contributed by atoms with E-state index in [0.29, 0.717) is 27.5 Å². The van der Waals surface area contributed by atoms with Crippen LogP contribution in [0.3, 0.4) is 0 Å². The van der Waals surface area contributed by atoms with Crippen molar-refractivity contribution in [2.75, 3.05) is 13.7 Å². The molecule has 3 aromatic rings. The quantitative estimate of drug-likeness (QED) is 0.310. The van der Waals surface area contributed by atoms with Gasteiger partial charge in [0.15, 0.2) is 5.82 Å². The molecule has 1 aliphatic rings. The minimum absolute atomic E-state index is 0.000363. The summed E-state index contributed by atoms with van der Waals surface area (Å²) in [4.78, 5) is 12.4. The molecule has 37 heavy (non-hydrogen) atoms. The van der Waals surface area contributed by atoms with Gasteiger partial charge in [0.2, 0.25) is 5.82 Å². The number of rotatable bonds is 5. The fraction of sp³-hybridized carbons (Fsp3) is 0.375. The number of aromatic nitrogens is 3. The predicted octanol–water partition coefficient (Wildman–Crippen LogP) is 5.74. The van der Waals surface area contributed by atoms with Gasteiger partial charge in [-0.15, -0.1) is 10.2 Å². The van der Waals surface area contributed by atoms with Gasteiger partial charge in [0.25, 0.3) is 0 Å². The van der Waals surface area contributed by atoms with Crippen molar-refractivity contribution in [2.45, 2.75) is 44.8 Å². The van der Waals surface area contributed by atoms with Crippen LogP contribution in [0.1, 0.15) is 59.5 Å². The molecule has 7 nitrogen and oxygen atoms in total. The molecule has 2 unspecified atom stereocenters. The molecule has 2 aromatic carbocycles. The highest BCUT2D eigenvalue weighted by Gasteiger charge is 2.44. The van der Waals surface area contributed by atoms with Crippen LogP contribution in [-0.4, -0.2) is 34.5 Å². The van der Waals surface area contributed by atoms with Crippen molar-refractivity contribution < 1.29 is 45.3 Å². The lowest BCUT2D eigenvalue weighted by atomic mass is 9.94. The van der Waals surface area contributed by atoms with Gasteiger partial charge >= 0.3 is 18.3 Å². The Kier molecular flexibility index (Phi) is 6.93. The molecule has 0 saturated carbocycles. The van der Waals surface area contributed by atoms with Gasteiger partial charge in [-0.1, -0.05) is 12.1 Å². The number of hydrogen-bond acceptors (Lipinski definition) is 6. The molecule has 0 aliphatic carbocycles. The van der Waals surface area contributed by atoms with Crippen LogP contribution in [0.4, 0.5) is 26.3 Å². The normalized spacial score (nSPS) is 17.5. The standard InChI is InChI=1S/C24H21F6N3O4/c1-4-36-19(34)11-18-21-31-32-22(24(28,29)30)33(21)16-9-8-13(23(25,26)27)10-15(16)20(37-18)14-6-5-7-17(35-3)12(14)2/h5-10,18,20H,4,11H2,1-3H3. The summed E-state index contributed by atoms with van der Waals surface area (Å²) >= 11 is 0. The first kappa shape index (κ1) is 26.5. The Balaban J connectivity index is 2.03. The molecule has 0 N–H and O–H groups in total. The molecule has 4 rings (SSSR count). The molecule has 0 radical (unpaired) electrons. The smallest absolute Gasteiger partial charge is 0.452 e. The van der Waals surface area contributed by atoms with E-state index in [1.807, 2.05) is 0 Å². The van der Waals surface area contributed by atoms with E-state index < -0.39 is 54.2 Å². The number of esters is 1. The minimum Gasteiger partial charge on any atom is -0.496 e. The summed E-state index contributed by atoms with van der Waals surface area (Å²) in [6, 6.07) is 7.07. The van der Waals surface area contributed by atoms with E-state index in [4.69, 9.17) is 14.2 Å². The number of halogens is 6. The molecule has 0 saturated heterocycles. The van der Waals surface area contributed by atoms with Gasteiger partial charge in [-0.25, -0.2) is 0 Å². The van der Waals surface area contributed by atoms with Crippen LogP contribution in [0.5, 0.6) is 5.75 Å². The van der Waals surface area contributed by atoms with Crippen LogP contribution in [0.15, 0.2) is 36.4 Å². The Morgan fingerprint density at radius 3 is 2.41 bits per heavy atom. The summed E-state index contributed by atoms with van der Waals surface area (Å²) < 4.78 is 99.9. The summed E-state index contributed by atoms with van der Waals surface area (Å²) in [5, 5.41) is 6.89. The van der Waals surface area contributed by atoms with Crippen molar-refractivity contribution in [3.63, 3.8) is 0 Å². The molecule has 198 valence electrons. The number of ether oxygens (including phenoxy) is 3. The molecule has 2 atom stereocenters. The fourth-order valence-electron chi connectivity index (χ4n) is 4.26. The number of nitrogens with zero attached hydrogens (tertiary/aromatic N) is 3. The molecule has 1 aromatic heterocycles. The SMILES string of the molecule is CCOC(=O)CC1OC(c2cccc(OC)c2C)c2cc(C(F)(F)F)ccc2-n2c1nnc2C(F)(F)F. The molecular weight excluding hydrogens is 508 g/mol. The summed E-state index contributed by atoms with van der Waals surface area (Å²) in [5.74, 6) is -2.27. The Bertz CT molecular complexity index is 1320. The zero-order valence-corrected chi connectivity index (χ0v) is 19.8. The number of carbonyl (C=O) groups is 1. The maximum Gasteiger partial charge on any atom is 0.452 e. The van der Waals surface area contributed by atoms with Gasteiger partial charge in [-0.05, 0) is 49.2 Å². The Morgan fingerprint density at radius 1 is 1.05 bits per heavy atom. The third kappa shape index (κ3) is 4.99. The van der Waals surface area contributed by atoms with Crippen LogP contribution in [-0.2, 0) is 26.6 Å². The number of methoxy groups -OCH3 is 1. The van der Waals surface area contributed by atoms with Crippen LogP contribution >= 0.6 is 0 Å². The second kappa shape index (κ2) is 9.69. The third-order valence-corrected chi connectivity index (χ3v) is 5.89. The maximum atomic E-state index is 13.9.